The molecule has 1 heterocycles. The first-order valence-corrected chi connectivity index (χ1v) is 4.82. The van der Waals surface area contributed by atoms with Gasteiger partial charge in [0.15, 0.2) is 0 Å². The Kier molecular flexibility index (Phi) is 1.45. The number of hydrogen-bond donors (Lipinski definition) is 3. The second-order valence-corrected chi connectivity index (χ2v) is 3.66. The molecule has 2 aromatic carbocycles. The van der Waals surface area contributed by atoms with Crippen LogP contribution in [0.5, 0.6) is 0 Å². The van der Waals surface area contributed by atoms with Crippen LogP contribution < -0.4 is 11.5 Å². The second kappa shape index (κ2) is 2.67. The van der Waals surface area contributed by atoms with E-state index in [4.69, 9.17) is 11.5 Å². The van der Waals surface area contributed by atoms with Crippen molar-refractivity contribution in [1.29, 1.82) is 0 Å². The highest BCUT2D eigenvalue weighted by Gasteiger charge is 2.07. The van der Waals surface area contributed by atoms with Crippen molar-refractivity contribution in [2.45, 2.75) is 0 Å². The molecule has 1 aromatic heterocycles. The van der Waals surface area contributed by atoms with Gasteiger partial charge in [-0.2, -0.15) is 0 Å². The Balaban J connectivity index is 2.65. The van der Waals surface area contributed by atoms with Crippen molar-refractivity contribution in [3.05, 3.63) is 36.4 Å². The monoisotopic (exact) mass is 197 g/mol. The largest absolute Gasteiger partial charge is 0.398 e. The minimum Gasteiger partial charge on any atom is -0.398 e. The van der Waals surface area contributed by atoms with E-state index in [9.17, 15) is 0 Å². The predicted octanol–water partition coefficient (Wildman–Crippen LogP) is 2.49. The average molecular weight is 197 g/mol. The standard InChI is InChI=1S/C12H11N3/c13-8-4-2-6-10-11(8)7-3-1-5-9(14)12(7)15-10/h1-6,15H,13-14H2. The van der Waals surface area contributed by atoms with Gasteiger partial charge in [0.05, 0.1) is 11.2 Å². The Hall–Kier alpha value is -2.16. The van der Waals surface area contributed by atoms with Crippen molar-refractivity contribution in [2.75, 3.05) is 11.5 Å². The highest BCUT2D eigenvalue weighted by Crippen LogP contribution is 2.32. The maximum Gasteiger partial charge on any atom is 0.0699 e. The molecule has 0 aliphatic carbocycles. The van der Waals surface area contributed by atoms with Gasteiger partial charge in [0.1, 0.15) is 0 Å². The van der Waals surface area contributed by atoms with Crippen LogP contribution in [0.2, 0.25) is 0 Å². The van der Waals surface area contributed by atoms with Crippen LogP contribution in [0.25, 0.3) is 21.8 Å². The molecule has 0 bridgehead atoms. The van der Waals surface area contributed by atoms with Gasteiger partial charge < -0.3 is 16.5 Å². The summed E-state index contributed by atoms with van der Waals surface area (Å²) < 4.78 is 0. The van der Waals surface area contributed by atoms with E-state index in [1.165, 1.54) is 0 Å². The summed E-state index contributed by atoms with van der Waals surface area (Å²) in [6, 6.07) is 11.7. The second-order valence-electron chi connectivity index (χ2n) is 3.66. The number of nitrogens with two attached hydrogens (primary N) is 2. The maximum atomic E-state index is 5.96. The quantitative estimate of drug-likeness (QED) is 0.484. The fourth-order valence-electron chi connectivity index (χ4n) is 2.03. The fourth-order valence-corrected chi connectivity index (χ4v) is 2.03. The van der Waals surface area contributed by atoms with Crippen LogP contribution in [0.4, 0.5) is 11.4 Å². The van der Waals surface area contributed by atoms with Crippen molar-refractivity contribution in [2.24, 2.45) is 0 Å². The lowest BCUT2D eigenvalue weighted by atomic mass is 10.1. The van der Waals surface area contributed by atoms with Gasteiger partial charge in [0.25, 0.3) is 0 Å². The zero-order valence-electron chi connectivity index (χ0n) is 8.12. The molecule has 0 amide bonds. The van der Waals surface area contributed by atoms with Gasteiger partial charge in [0.2, 0.25) is 0 Å². The van der Waals surface area contributed by atoms with Gasteiger partial charge in [-0.1, -0.05) is 18.2 Å². The molecule has 0 atom stereocenters. The molecule has 0 spiro atoms. The van der Waals surface area contributed by atoms with Crippen LogP contribution in [0, 0.1) is 0 Å². The summed E-state index contributed by atoms with van der Waals surface area (Å²) in [5, 5.41) is 2.14. The van der Waals surface area contributed by atoms with Crippen LogP contribution in [-0.2, 0) is 0 Å². The number of aromatic amines is 1. The molecular formula is C12H11N3. The Morgan fingerprint density at radius 1 is 0.867 bits per heavy atom. The molecule has 15 heavy (non-hydrogen) atoms. The molecule has 0 saturated carbocycles. The first-order valence-electron chi connectivity index (χ1n) is 4.82. The van der Waals surface area contributed by atoms with Gasteiger partial charge >= 0.3 is 0 Å². The number of fused-ring (bicyclic) bond motifs is 3. The molecule has 0 unspecified atom stereocenters. The molecule has 0 aliphatic heterocycles. The Morgan fingerprint density at radius 3 is 2.47 bits per heavy atom. The van der Waals surface area contributed by atoms with E-state index in [2.05, 4.69) is 4.98 Å². The number of anilines is 2. The van der Waals surface area contributed by atoms with Crippen molar-refractivity contribution >= 4 is 33.2 Å². The fraction of sp³-hybridized carbons (Fsp3) is 0. The summed E-state index contributed by atoms with van der Waals surface area (Å²) in [7, 11) is 0. The van der Waals surface area contributed by atoms with E-state index in [1.54, 1.807) is 0 Å². The smallest absolute Gasteiger partial charge is 0.0699 e. The first-order chi connectivity index (χ1) is 7.27. The van der Waals surface area contributed by atoms with Gasteiger partial charge in [-0.25, -0.2) is 0 Å². The zero-order chi connectivity index (χ0) is 10.4. The van der Waals surface area contributed by atoms with Gasteiger partial charge in [-0.15, -0.1) is 0 Å². The zero-order valence-corrected chi connectivity index (χ0v) is 8.12. The third kappa shape index (κ3) is 1.00. The topological polar surface area (TPSA) is 67.8 Å². The van der Waals surface area contributed by atoms with Gasteiger partial charge in [-0.3, -0.25) is 0 Å². The van der Waals surface area contributed by atoms with Crippen molar-refractivity contribution < 1.29 is 0 Å². The molecule has 3 rings (SSSR count). The van der Waals surface area contributed by atoms with E-state index < -0.39 is 0 Å². The Bertz CT molecular complexity index is 652. The number of aromatic nitrogens is 1. The van der Waals surface area contributed by atoms with Crippen LogP contribution in [-0.4, -0.2) is 4.98 Å². The molecule has 0 fully saturated rings. The number of nitrogen functional groups attached to an aromatic ring is 2. The number of H-pyrrole nitrogens is 1. The average Bonchev–Trinajstić information content (AvgIpc) is 2.59. The molecule has 5 N–H and O–H groups in total. The minimum absolute atomic E-state index is 0.753. The first kappa shape index (κ1) is 8.17. The highest BCUT2D eigenvalue weighted by molar-refractivity contribution is 6.15. The lowest BCUT2D eigenvalue weighted by Crippen LogP contribution is -1.85. The lowest BCUT2D eigenvalue weighted by Gasteiger charge is -1.96. The van der Waals surface area contributed by atoms with Crippen molar-refractivity contribution in [1.82, 2.24) is 4.98 Å². The van der Waals surface area contributed by atoms with E-state index in [-0.39, 0.29) is 0 Å². The van der Waals surface area contributed by atoms with Crippen LogP contribution in [0.15, 0.2) is 36.4 Å². The third-order valence-electron chi connectivity index (χ3n) is 2.72. The minimum atomic E-state index is 0.753. The number of rotatable bonds is 0. The molecule has 0 radical (unpaired) electrons. The van der Waals surface area contributed by atoms with Crippen molar-refractivity contribution in [3.8, 4) is 0 Å². The number of para-hydroxylation sites is 1. The molecule has 3 nitrogen and oxygen atoms in total. The van der Waals surface area contributed by atoms with E-state index >= 15 is 0 Å². The van der Waals surface area contributed by atoms with E-state index in [0.717, 1.165) is 33.2 Å². The number of benzene rings is 2. The number of hydrogen-bond acceptors (Lipinski definition) is 2. The summed E-state index contributed by atoms with van der Waals surface area (Å²) in [5.74, 6) is 0. The van der Waals surface area contributed by atoms with Gasteiger partial charge in [0, 0.05) is 22.0 Å². The summed E-state index contributed by atoms with van der Waals surface area (Å²) in [4.78, 5) is 3.28. The van der Waals surface area contributed by atoms with Crippen LogP contribution in [0.1, 0.15) is 0 Å². The molecule has 3 heteroatoms. The maximum absolute atomic E-state index is 5.96. The van der Waals surface area contributed by atoms with Crippen LogP contribution >= 0.6 is 0 Å². The molecular weight excluding hydrogens is 186 g/mol. The van der Waals surface area contributed by atoms with Crippen molar-refractivity contribution in [3.63, 3.8) is 0 Å². The lowest BCUT2D eigenvalue weighted by molar-refractivity contribution is 1.54. The summed E-state index contributed by atoms with van der Waals surface area (Å²) in [6.45, 7) is 0. The SMILES string of the molecule is Nc1cccc2c1[nH]c1cccc(N)c12. The Morgan fingerprint density at radius 2 is 1.60 bits per heavy atom. The summed E-state index contributed by atoms with van der Waals surface area (Å²) in [5.41, 5.74) is 15.4. The van der Waals surface area contributed by atoms with E-state index in [0.29, 0.717) is 0 Å². The number of nitrogens with one attached hydrogen (secondary N) is 1. The molecule has 3 aromatic rings. The normalized spacial score (nSPS) is 11.2. The Labute approximate surface area is 86.7 Å². The van der Waals surface area contributed by atoms with E-state index in [1.807, 2.05) is 36.4 Å². The molecule has 0 saturated heterocycles. The predicted molar refractivity (Wildman–Crippen MR) is 64.6 cm³/mol. The summed E-state index contributed by atoms with van der Waals surface area (Å²) >= 11 is 0. The molecule has 0 aliphatic rings. The third-order valence-corrected chi connectivity index (χ3v) is 2.72. The summed E-state index contributed by atoms with van der Waals surface area (Å²) in [6.07, 6.45) is 0. The highest BCUT2D eigenvalue weighted by atomic mass is 14.7. The van der Waals surface area contributed by atoms with Gasteiger partial charge in [-0.05, 0) is 18.2 Å². The van der Waals surface area contributed by atoms with Crippen LogP contribution in [0.3, 0.4) is 0 Å². The molecule has 74 valence electrons.